The molecule has 102 valence electrons. The Morgan fingerprint density at radius 1 is 1.29 bits per heavy atom. The maximum Gasteiger partial charge on any atom is 0.237 e. The molecule has 0 aromatic carbocycles. The van der Waals surface area contributed by atoms with Gasteiger partial charge in [-0.25, -0.2) is 0 Å². The first-order valence-corrected chi connectivity index (χ1v) is 6.57. The molecular weight excluding hydrogens is 216 g/mol. The summed E-state index contributed by atoms with van der Waals surface area (Å²) in [6.45, 7) is 11.3. The van der Waals surface area contributed by atoms with Crippen molar-refractivity contribution in [3.05, 3.63) is 0 Å². The van der Waals surface area contributed by atoms with Gasteiger partial charge in [0.2, 0.25) is 5.91 Å². The first-order chi connectivity index (χ1) is 7.93. The highest BCUT2D eigenvalue weighted by atomic mass is 16.5. The number of ether oxygens (including phenoxy) is 1. The first kappa shape index (κ1) is 16.4. The van der Waals surface area contributed by atoms with Crippen molar-refractivity contribution in [1.29, 1.82) is 0 Å². The lowest BCUT2D eigenvalue weighted by Gasteiger charge is -2.25. The maximum absolute atomic E-state index is 11.9. The van der Waals surface area contributed by atoms with E-state index in [0.717, 1.165) is 6.42 Å². The number of nitrogens with two attached hydrogens (primary N) is 1. The van der Waals surface area contributed by atoms with Crippen LogP contribution in [0.2, 0.25) is 0 Å². The molecule has 3 atom stereocenters. The smallest absolute Gasteiger partial charge is 0.237 e. The average molecular weight is 244 g/mol. The van der Waals surface area contributed by atoms with E-state index in [-0.39, 0.29) is 17.9 Å². The van der Waals surface area contributed by atoms with E-state index >= 15 is 0 Å². The highest BCUT2D eigenvalue weighted by molar-refractivity contribution is 5.82. The molecule has 0 spiro atoms. The molecule has 0 saturated heterocycles. The number of carbonyl (C=O) groups excluding carboxylic acids is 1. The zero-order valence-corrected chi connectivity index (χ0v) is 11.8. The number of hydrogen-bond acceptors (Lipinski definition) is 3. The van der Waals surface area contributed by atoms with Crippen LogP contribution < -0.4 is 11.1 Å². The molecule has 0 aliphatic rings. The minimum atomic E-state index is -0.428. The predicted molar refractivity (Wildman–Crippen MR) is 70.7 cm³/mol. The van der Waals surface area contributed by atoms with E-state index in [4.69, 9.17) is 10.5 Å². The van der Waals surface area contributed by atoms with Crippen LogP contribution in [0.3, 0.4) is 0 Å². The molecule has 4 nitrogen and oxygen atoms in total. The van der Waals surface area contributed by atoms with Gasteiger partial charge in [-0.1, -0.05) is 34.1 Å². The molecule has 0 fully saturated rings. The monoisotopic (exact) mass is 244 g/mol. The third kappa shape index (κ3) is 6.03. The molecule has 17 heavy (non-hydrogen) atoms. The number of hydrogen-bond donors (Lipinski definition) is 2. The molecule has 0 bridgehead atoms. The van der Waals surface area contributed by atoms with Gasteiger partial charge in [-0.2, -0.15) is 0 Å². The summed E-state index contributed by atoms with van der Waals surface area (Å²) in [7, 11) is 0. The molecule has 1 amide bonds. The van der Waals surface area contributed by atoms with Crippen LogP contribution in [0.25, 0.3) is 0 Å². The van der Waals surface area contributed by atoms with E-state index in [2.05, 4.69) is 19.2 Å². The zero-order chi connectivity index (χ0) is 13.4. The maximum atomic E-state index is 11.9. The molecular formula is C13H28N2O2. The van der Waals surface area contributed by atoms with E-state index in [9.17, 15) is 4.79 Å². The molecule has 0 aromatic rings. The van der Waals surface area contributed by atoms with E-state index in [1.54, 1.807) is 0 Å². The fraction of sp³-hybridized carbons (Fsp3) is 0.923. The lowest BCUT2D eigenvalue weighted by Crippen LogP contribution is -2.51. The summed E-state index contributed by atoms with van der Waals surface area (Å²) < 4.78 is 5.37. The summed E-state index contributed by atoms with van der Waals surface area (Å²) in [6.07, 6.45) is 0.909. The van der Waals surface area contributed by atoms with Gasteiger partial charge in [-0.3, -0.25) is 4.79 Å². The van der Waals surface area contributed by atoms with Crippen molar-refractivity contribution in [1.82, 2.24) is 5.32 Å². The Labute approximate surface area is 105 Å². The lowest BCUT2D eigenvalue weighted by atomic mass is 9.98. The highest BCUT2D eigenvalue weighted by Crippen LogP contribution is 2.08. The molecule has 0 saturated carbocycles. The Hall–Kier alpha value is -0.610. The number of carbonyl (C=O) groups is 1. The number of amides is 1. The molecule has 0 radical (unpaired) electrons. The van der Waals surface area contributed by atoms with Crippen LogP contribution in [-0.2, 0) is 9.53 Å². The molecule has 0 aliphatic carbocycles. The third-order valence-corrected chi connectivity index (χ3v) is 3.19. The second-order valence-corrected chi connectivity index (χ2v) is 4.93. The van der Waals surface area contributed by atoms with Crippen LogP contribution in [0.4, 0.5) is 0 Å². The number of rotatable bonds is 8. The SMILES string of the molecule is CCOCC(NC(=O)[C@@H](N)[C@@H](C)CC)C(C)C. The van der Waals surface area contributed by atoms with Gasteiger partial charge in [-0.15, -0.1) is 0 Å². The van der Waals surface area contributed by atoms with Gasteiger partial charge < -0.3 is 15.8 Å². The van der Waals surface area contributed by atoms with Gasteiger partial charge in [0.05, 0.1) is 18.7 Å². The molecule has 0 rings (SSSR count). The van der Waals surface area contributed by atoms with Gasteiger partial charge in [-0.05, 0) is 18.8 Å². The van der Waals surface area contributed by atoms with Crippen LogP contribution in [0.1, 0.15) is 41.0 Å². The molecule has 4 heteroatoms. The quantitative estimate of drug-likeness (QED) is 0.680. The van der Waals surface area contributed by atoms with E-state index < -0.39 is 6.04 Å². The fourth-order valence-electron chi connectivity index (χ4n) is 1.44. The van der Waals surface area contributed by atoms with E-state index in [0.29, 0.717) is 19.1 Å². The lowest BCUT2D eigenvalue weighted by molar-refractivity contribution is -0.125. The van der Waals surface area contributed by atoms with E-state index in [1.165, 1.54) is 0 Å². The van der Waals surface area contributed by atoms with Gasteiger partial charge in [0.25, 0.3) is 0 Å². The minimum absolute atomic E-state index is 0.0394. The van der Waals surface area contributed by atoms with Crippen molar-refractivity contribution < 1.29 is 9.53 Å². The summed E-state index contributed by atoms with van der Waals surface area (Å²) >= 11 is 0. The average Bonchev–Trinajstić information content (AvgIpc) is 2.31. The fourth-order valence-corrected chi connectivity index (χ4v) is 1.44. The first-order valence-electron chi connectivity index (χ1n) is 6.57. The second kappa shape index (κ2) is 8.48. The zero-order valence-electron chi connectivity index (χ0n) is 11.8. The number of nitrogens with one attached hydrogen (secondary N) is 1. The van der Waals surface area contributed by atoms with Crippen LogP contribution >= 0.6 is 0 Å². The summed E-state index contributed by atoms with van der Waals surface area (Å²) in [5, 5.41) is 2.98. The van der Waals surface area contributed by atoms with Crippen molar-refractivity contribution in [3.8, 4) is 0 Å². The largest absolute Gasteiger partial charge is 0.380 e. The van der Waals surface area contributed by atoms with Crippen molar-refractivity contribution in [2.24, 2.45) is 17.6 Å². The van der Waals surface area contributed by atoms with Crippen LogP contribution in [0, 0.1) is 11.8 Å². The predicted octanol–water partition coefficient (Wildman–Crippen LogP) is 1.54. The molecule has 0 aliphatic heterocycles. The Morgan fingerprint density at radius 2 is 1.88 bits per heavy atom. The molecule has 3 N–H and O–H groups in total. The summed E-state index contributed by atoms with van der Waals surface area (Å²) in [6, 6.07) is -0.388. The van der Waals surface area contributed by atoms with Gasteiger partial charge in [0.1, 0.15) is 0 Å². The normalized spacial score (nSPS) is 16.6. The van der Waals surface area contributed by atoms with Crippen LogP contribution in [0.15, 0.2) is 0 Å². The Balaban J connectivity index is 4.29. The molecule has 0 aromatic heterocycles. The Morgan fingerprint density at radius 3 is 2.29 bits per heavy atom. The van der Waals surface area contributed by atoms with Gasteiger partial charge in [0, 0.05) is 6.61 Å². The van der Waals surface area contributed by atoms with Crippen molar-refractivity contribution in [3.63, 3.8) is 0 Å². The van der Waals surface area contributed by atoms with Gasteiger partial charge in [0.15, 0.2) is 0 Å². The van der Waals surface area contributed by atoms with Crippen molar-refractivity contribution in [2.75, 3.05) is 13.2 Å². The topological polar surface area (TPSA) is 64.3 Å². The Bertz CT molecular complexity index is 219. The van der Waals surface area contributed by atoms with Crippen molar-refractivity contribution in [2.45, 2.75) is 53.1 Å². The third-order valence-electron chi connectivity index (χ3n) is 3.19. The summed E-state index contributed by atoms with van der Waals surface area (Å²) in [4.78, 5) is 11.9. The Kier molecular flexibility index (Phi) is 8.17. The summed E-state index contributed by atoms with van der Waals surface area (Å²) in [5.74, 6) is 0.474. The molecule has 0 heterocycles. The summed E-state index contributed by atoms with van der Waals surface area (Å²) in [5.41, 5.74) is 5.90. The molecule has 1 unspecified atom stereocenters. The highest BCUT2D eigenvalue weighted by Gasteiger charge is 2.23. The van der Waals surface area contributed by atoms with Gasteiger partial charge >= 0.3 is 0 Å². The van der Waals surface area contributed by atoms with Crippen LogP contribution in [-0.4, -0.2) is 31.2 Å². The standard InChI is InChI=1S/C13H28N2O2/c1-6-10(5)12(14)13(16)15-11(9(3)4)8-17-7-2/h9-12H,6-8,14H2,1-5H3,(H,15,16)/t10-,11?,12-/m0/s1. The second-order valence-electron chi connectivity index (χ2n) is 4.93. The van der Waals surface area contributed by atoms with Crippen LogP contribution in [0.5, 0.6) is 0 Å². The van der Waals surface area contributed by atoms with Crippen molar-refractivity contribution >= 4 is 5.91 Å². The minimum Gasteiger partial charge on any atom is -0.380 e. The van der Waals surface area contributed by atoms with E-state index in [1.807, 2.05) is 20.8 Å².